The summed E-state index contributed by atoms with van der Waals surface area (Å²) in [5, 5.41) is 4.26. The molecule has 0 saturated carbocycles. The van der Waals surface area contributed by atoms with Gasteiger partial charge in [0.05, 0.1) is 0 Å². The monoisotopic (exact) mass is 326 g/mol. The van der Waals surface area contributed by atoms with Gasteiger partial charge in [-0.1, -0.05) is 18.2 Å². The van der Waals surface area contributed by atoms with Crippen molar-refractivity contribution in [1.29, 1.82) is 0 Å². The summed E-state index contributed by atoms with van der Waals surface area (Å²) >= 11 is 0. The van der Waals surface area contributed by atoms with Gasteiger partial charge in [-0.25, -0.2) is 4.79 Å². The molecule has 1 N–H and O–H groups in total. The molecule has 0 atom stereocenters. The molecule has 24 heavy (non-hydrogen) atoms. The molecule has 2 fully saturated rings. The van der Waals surface area contributed by atoms with Crippen LogP contribution in [0.1, 0.15) is 35.2 Å². The third-order valence-electron chi connectivity index (χ3n) is 5.73. The number of aryl methyl sites for hydroxylation is 1. The molecule has 126 valence electrons. The van der Waals surface area contributed by atoms with Crippen LogP contribution in [0, 0.1) is 12.3 Å². The van der Waals surface area contributed by atoms with E-state index in [1.807, 2.05) is 30.0 Å². The highest BCUT2D eigenvalue weighted by atomic mass is 16.4. The van der Waals surface area contributed by atoms with Crippen LogP contribution in [-0.2, 0) is 0 Å². The third kappa shape index (κ3) is 2.44. The summed E-state index contributed by atoms with van der Waals surface area (Å²) in [5.41, 5.74) is 1.26. The van der Waals surface area contributed by atoms with E-state index in [1.165, 1.54) is 6.42 Å². The Labute approximate surface area is 140 Å². The summed E-state index contributed by atoms with van der Waals surface area (Å²) in [6.07, 6.45) is 3.19. The highest BCUT2D eigenvalue weighted by molar-refractivity contribution is 5.99. The summed E-state index contributed by atoms with van der Waals surface area (Å²) in [4.78, 5) is 27.1. The highest BCUT2D eigenvalue weighted by Crippen LogP contribution is 2.37. The van der Waals surface area contributed by atoms with Gasteiger partial charge in [0.25, 0.3) is 5.91 Å². The second-order valence-electron chi connectivity index (χ2n) is 7.10. The van der Waals surface area contributed by atoms with E-state index in [0.29, 0.717) is 24.1 Å². The Morgan fingerprint density at radius 3 is 2.67 bits per heavy atom. The van der Waals surface area contributed by atoms with Crippen molar-refractivity contribution in [2.45, 2.75) is 26.2 Å². The zero-order chi connectivity index (χ0) is 16.7. The fraction of sp³-hybridized carbons (Fsp3) is 0.474. The minimum atomic E-state index is -0.529. The molecule has 5 heteroatoms. The maximum atomic E-state index is 12.9. The Hall–Kier alpha value is -2.14. The average molecular weight is 326 g/mol. The molecule has 0 bridgehead atoms. The molecule has 1 amide bonds. The minimum Gasteiger partial charge on any atom is -0.422 e. The van der Waals surface area contributed by atoms with E-state index in [2.05, 4.69) is 5.32 Å². The quantitative estimate of drug-likeness (QED) is 0.817. The number of nitrogens with one attached hydrogen (secondary N) is 1. The SMILES string of the molecule is Cc1c(C(=O)N2CCC3(CCNC3)CC2)c(=O)oc2ccccc12. The lowest BCUT2D eigenvalue weighted by Crippen LogP contribution is -2.45. The maximum absolute atomic E-state index is 12.9. The number of rotatable bonds is 1. The Kier molecular flexibility index (Phi) is 3.68. The number of nitrogens with zero attached hydrogens (tertiary/aromatic N) is 1. The van der Waals surface area contributed by atoms with Crippen LogP contribution in [0.15, 0.2) is 33.5 Å². The van der Waals surface area contributed by atoms with Gasteiger partial charge in [0.1, 0.15) is 11.1 Å². The summed E-state index contributed by atoms with van der Waals surface area (Å²) < 4.78 is 5.37. The molecule has 0 unspecified atom stereocenters. The molecule has 2 saturated heterocycles. The Bertz CT molecular complexity index is 839. The highest BCUT2D eigenvalue weighted by Gasteiger charge is 2.38. The third-order valence-corrected chi connectivity index (χ3v) is 5.73. The molecular weight excluding hydrogens is 304 g/mol. The predicted octanol–water partition coefficient (Wildman–Crippen LogP) is 2.32. The topological polar surface area (TPSA) is 62.6 Å². The molecule has 0 aliphatic carbocycles. The first-order chi connectivity index (χ1) is 11.6. The van der Waals surface area contributed by atoms with Crippen LogP contribution >= 0.6 is 0 Å². The summed E-state index contributed by atoms with van der Waals surface area (Å²) in [7, 11) is 0. The van der Waals surface area contributed by atoms with E-state index in [-0.39, 0.29) is 11.5 Å². The number of carbonyl (C=O) groups excluding carboxylic acids is 1. The van der Waals surface area contributed by atoms with Crippen LogP contribution in [0.2, 0.25) is 0 Å². The van der Waals surface area contributed by atoms with Crippen molar-refractivity contribution >= 4 is 16.9 Å². The van der Waals surface area contributed by atoms with Crippen molar-refractivity contribution < 1.29 is 9.21 Å². The Balaban J connectivity index is 1.63. The van der Waals surface area contributed by atoms with Gasteiger partial charge >= 0.3 is 5.63 Å². The van der Waals surface area contributed by atoms with Gasteiger partial charge in [0.15, 0.2) is 0 Å². The lowest BCUT2D eigenvalue weighted by atomic mass is 9.77. The van der Waals surface area contributed by atoms with E-state index in [0.717, 1.165) is 36.9 Å². The summed E-state index contributed by atoms with van der Waals surface area (Å²) in [6.45, 7) is 5.38. The first-order valence-corrected chi connectivity index (χ1v) is 8.62. The first kappa shape index (κ1) is 15.4. The smallest absolute Gasteiger partial charge is 0.349 e. The van der Waals surface area contributed by atoms with E-state index in [4.69, 9.17) is 4.42 Å². The van der Waals surface area contributed by atoms with Crippen molar-refractivity contribution in [1.82, 2.24) is 10.2 Å². The normalized spacial score (nSPS) is 20.0. The van der Waals surface area contributed by atoms with Gasteiger partial charge in [-0.15, -0.1) is 0 Å². The number of amides is 1. The second kappa shape index (κ2) is 5.74. The first-order valence-electron chi connectivity index (χ1n) is 8.62. The number of hydrogen-bond donors (Lipinski definition) is 1. The fourth-order valence-electron chi connectivity index (χ4n) is 4.12. The van der Waals surface area contributed by atoms with Crippen LogP contribution in [0.3, 0.4) is 0 Å². The summed E-state index contributed by atoms with van der Waals surface area (Å²) in [6, 6.07) is 7.36. The maximum Gasteiger partial charge on any atom is 0.349 e. The van der Waals surface area contributed by atoms with Crippen molar-refractivity contribution in [3.63, 3.8) is 0 Å². The van der Waals surface area contributed by atoms with Gasteiger partial charge in [0.2, 0.25) is 0 Å². The molecule has 2 aliphatic rings. The van der Waals surface area contributed by atoms with Crippen molar-refractivity contribution in [2.75, 3.05) is 26.2 Å². The molecule has 5 nitrogen and oxygen atoms in total. The molecule has 2 aliphatic heterocycles. The predicted molar refractivity (Wildman–Crippen MR) is 92.3 cm³/mol. The van der Waals surface area contributed by atoms with Gasteiger partial charge in [0, 0.05) is 25.0 Å². The van der Waals surface area contributed by atoms with Crippen LogP contribution < -0.4 is 10.9 Å². The number of piperidine rings is 1. The molecule has 4 rings (SSSR count). The lowest BCUT2D eigenvalue weighted by Gasteiger charge is -2.38. The molecular formula is C19H22N2O3. The van der Waals surface area contributed by atoms with E-state index >= 15 is 0 Å². The van der Waals surface area contributed by atoms with Gasteiger partial charge in [-0.3, -0.25) is 4.79 Å². The Morgan fingerprint density at radius 2 is 1.96 bits per heavy atom. The Morgan fingerprint density at radius 1 is 1.21 bits per heavy atom. The van der Waals surface area contributed by atoms with E-state index in [9.17, 15) is 9.59 Å². The number of likely N-dealkylation sites (tertiary alicyclic amines) is 1. The van der Waals surface area contributed by atoms with Crippen LogP contribution in [0.25, 0.3) is 11.0 Å². The van der Waals surface area contributed by atoms with Gasteiger partial charge in [-0.2, -0.15) is 0 Å². The van der Waals surface area contributed by atoms with Crippen LogP contribution in [0.5, 0.6) is 0 Å². The number of hydrogen-bond acceptors (Lipinski definition) is 4. The number of fused-ring (bicyclic) bond motifs is 1. The van der Waals surface area contributed by atoms with Crippen LogP contribution in [-0.4, -0.2) is 37.0 Å². The molecule has 3 heterocycles. The number of carbonyl (C=O) groups is 1. The lowest BCUT2D eigenvalue weighted by molar-refractivity contribution is 0.0603. The molecule has 0 radical (unpaired) electrons. The standard InChI is InChI=1S/C19H22N2O3/c1-13-14-4-2-3-5-15(14)24-18(23)16(13)17(22)21-10-7-19(8-11-21)6-9-20-12-19/h2-5,20H,6-12H2,1H3. The number of benzene rings is 1. The van der Waals surface area contributed by atoms with Crippen molar-refractivity contribution in [3.05, 3.63) is 45.8 Å². The van der Waals surface area contributed by atoms with E-state index in [1.54, 1.807) is 6.07 Å². The van der Waals surface area contributed by atoms with Crippen LogP contribution in [0.4, 0.5) is 0 Å². The molecule has 1 aromatic heterocycles. The zero-order valence-electron chi connectivity index (χ0n) is 13.9. The molecule has 1 aromatic carbocycles. The largest absolute Gasteiger partial charge is 0.422 e. The summed E-state index contributed by atoms with van der Waals surface area (Å²) in [5.74, 6) is -0.187. The fourth-order valence-corrected chi connectivity index (χ4v) is 4.12. The van der Waals surface area contributed by atoms with Crippen molar-refractivity contribution in [3.8, 4) is 0 Å². The molecule has 1 spiro atoms. The minimum absolute atomic E-state index is 0.187. The number of para-hydroxylation sites is 1. The van der Waals surface area contributed by atoms with E-state index < -0.39 is 5.63 Å². The van der Waals surface area contributed by atoms with Gasteiger partial charge in [-0.05, 0) is 49.8 Å². The molecule has 2 aromatic rings. The second-order valence-corrected chi connectivity index (χ2v) is 7.10. The zero-order valence-corrected chi connectivity index (χ0v) is 13.9. The van der Waals surface area contributed by atoms with Crippen molar-refractivity contribution in [2.24, 2.45) is 5.41 Å². The van der Waals surface area contributed by atoms with Gasteiger partial charge < -0.3 is 14.6 Å². The average Bonchev–Trinajstić information content (AvgIpc) is 3.03.